The highest BCUT2D eigenvalue weighted by Crippen LogP contribution is 2.23. The summed E-state index contributed by atoms with van der Waals surface area (Å²) in [5.41, 5.74) is 0. The zero-order valence-electron chi connectivity index (χ0n) is 11.4. The Morgan fingerprint density at radius 1 is 1.56 bits per heavy atom. The molecule has 2 heterocycles. The van der Waals surface area contributed by atoms with Gasteiger partial charge in [0.1, 0.15) is 0 Å². The van der Waals surface area contributed by atoms with Gasteiger partial charge in [0, 0.05) is 13.0 Å². The van der Waals surface area contributed by atoms with Crippen LogP contribution in [-0.2, 0) is 0 Å². The molecule has 1 unspecified atom stereocenters. The first-order valence-corrected chi connectivity index (χ1v) is 7.84. The summed E-state index contributed by atoms with van der Waals surface area (Å²) in [5, 5.41) is 1.97. The van der Waals surface area contributed by atoms with E-state index in [4.69, 9.17) is 0 Å². The number of Topliss-reactive ketones (excluding diaryl/α,β-unsaturated/α-hetero) is 1. The molecule has 1 aliphatic heterocycles. The van der Waals surface area contributed by atoms with E-state index in [1.54, 1.807) is 11.3 Å². The third kappa shape index (κ3) is 3.66. The molecule has 3 heteroatoms. The highest BCUT2D eigenvalue weighted by Gasteiger charge is 2.24. The minimum atomic E-state index is 0.310. The van der Waals surface area contributed by atoms with Crippen LogP contribution < -0.4 is 0 Å². The molecule has 2 rings (SSSR count). The Balaban J connectivity index is 1.66. The quantitative estimate of drug-likeness (QED) is 0.731. The van der Waals surface area contributed by atoms with Crippen LogP contribution in [0.1, 0.15) is 42.8 Å². The highest BCUT2D eigenvalue weighted by molar-refractivity contribution is 7.12. The van der Waals surface area contributed by atoms with Crippen LogP contribution in [0.3, 0.4) is 0 Å². The Morgan fingerprint density at radius 3 is 3.00 bits per heavy atom. The van der Waals surface area contributed by atoms with E-state index in [0.29, 0.717) is 12.2 Å². The lowest BCUT2D eigenvalue weighted by molar-refractivity contribution is 0.0979. The van der Waals surface area contributed by atoms with Gasteiger partial charge in [0.05, 0.1) is 4.88 Å². The smallest absolute Gasteiger partial charge is 0.172 e. The molecule has 1 saturated heterocycles. The maximum atomic E-state index is 11.8. The van der Waals surface area contributed by atoms with E-state index in [9.17, 15) is 4.79 Å². The number of thiophene rings is 1. The maximum absolute atomic E-state index is 11.8. The minimum Gasteiger partial charge on any atom is -0.303 e. The number of hydrogen-bond donors (Lipinski definition) is 0. The Morgan fingerprint density at radius 2 is 2.39 bits per heavy atom. The number of ketones is 1. The molecule has 2 nitrogen and oxygen atoms in total. The van der Waals surface area contributed by atoms with E-state index in [0.717, 1.165) is 29.7 Å². The van der Waals surface area contributed by atoms with Gasteiger partial charge < -0.3 is 4.90 Å². The molecular formula is C15H23NOS. The van der Waals surface area contributed by atoms with Gasteiger partial charge in [0.15, 0.2) is 5.78 Å². The maximum Gasteiger partial charge on any atom is 0.172 e. The van der Waals surface area contributed by atoms with Crippen molar-refractivity contribution in [1.29, 1.82) is 0 Å². The van der Waals surface area contributed by atoms with Crippen LogP contribution in [0, 0.1) is 11.8 Å². The third-order valence-electron chi connectivity index (χ3n) is 3.93. The molecule has 0 bridgehead atoms. The van der Waals surface area contributed by atoms with Crippen molar-refractivity contribution in [2.45, 2.75) is 33.1 Å². The van der Waals surface area contributed by atoms with E-state index in [1.807, 2.05) is 17.5 Å². The van der Waals surface area contributed by atoms with Gasteiger partial charge in [-0.25, -0.2) is 0 Å². The molecular weight excluding hydrogens is 242 g/mol. The summed E-state index contributed by atoms with van der Waals surface area (Å²) < 4.78 is 0. The van der Waals surface area contributed by atoms with Gasteiger partial charge in [-0.15, -0.1) is 11.3 Å². The molecule has 100 valence electrons. The summed E-state index contributed by atoms with van der Waals surface area (Å²) in [5.74, 6) is 1.96. The second kappa shape index (κ2) is 6.48. The normalized spacial score (nSPS) is 20.7. The molecule has 0 aliphatic carbocycles. The Labute approximate surface area is 114 Å². The number of rotatable bonds is 6. The lowest BCUT2D eigenvalue weighted by atomic mass is 9.95. The van der Waals surface area contributed by atoms with E-state index in [-0.39, 0.29) is 0 Å². The monoisotopic (exact) mass is 265 g/mol. The number of carbonyl (C=O) groups is 1. The van der Waals surface area contributed by atoms with Crippen molar-refractivity contribution < 1.29 is 4.79 Å². The van der Waals surface area contributed by atoms with Gasteiger partial charge in [-0.1, -0.05) is 19.9 Å². The van der Waals surface area contributed by atoms with Gasteiger partial charge in [-0.3, -0.25) is 4.79 Å². The highest BCUT2D eigenvalue weighted by atomic mass is 32.1. The number of nitrogens with zero attached hydrogens (tertiary/aromatic N) is 1. The first-order valence-electron chi connectivity index (χ1n) is 6.96. The van der Waals surface area contributed by atoms with E-state index >= 15 is 0 Å². The summed E-state index contributed by atoms with van der Waals surface area (Å²) in [6.45, 7) is 8.16. The van der Waals surface area contributed by atoms with Crippen LogP contribution in [0.15, 0.2) is 17.5 Å². The average molecular weight is 265 g/mol. The fourth-order valence-corrected chi connectivity index (χ4v) is 3.33. The standard InChI is InChI=1S/C15H23NOS/c1-12(2)13-7-9-16(11-13)8-3-5-14(17)15-6-4-10-18-15/h4,6,10,12-13H,3,5,7-9,11H2,1-2H3. The van der Waals surface area contributed by atoms with E-state index < -0.39 is 0 Å². The van der Waals surface area contributed by atoms with Crippen molar-refractivity contribution in [1.82, 2.24) is 4.90 Å². The van der Waals surface area contributed by atoms with Crippen LogP contribution >= 0.6 is 11.3 Å². The molecule has 18 heavy (non-hydrogen) atoms. The molecule has 0 radical (unpaired) electrons. The van der Waals surface area contributed by atoms with Crippen molar-refractivity contribution in [2.75, 3.05) is 19.6 Å². The molecule has 1 aliphatic rings. The Bertz CT molecular complexity index is 372. The first kappa shape index (κ1) is 13.8. The largest absolute Gasteiger partial charge is 0.303 e. The summed E-state index contributed by atoms with van der Waals surface area (Å²) in [7, 11) is 0. The molecule has 1 atom stereocenters. The van der Waals surface area contributed by atoms with Crippen molar-refractivity contribution >= 4 is 17.1 Å². The van der Waals surface area contributed by atoms with Crippen LogP contribution in [-0.4, -0.2) is 30.3 Å². The number of likely N-dealkylation sites (tertiary alicyclic amines) is 1. The Kier molecular flexibility index (Phi) is 4.95. The lowest BCUT2D eigenvalue weighted by Crippen LogP contribution is -2.23. The molecule has 0 aromatic carbocycles. The topological polar surface area (TPSA) is 20.3 Å². The molecule has 1 fully saturated rings. The summed E-state index contributed by atoms with van der Waals surface area (Å²) in [4.78, 5) is 15.3. The minimum absolute atomic E-state index is 0.310. The van der Waals surface area contributed by atoms with Crippen molar-refractivity contribution in [3.63, 3.8) is 0 Å². The summed E-state index contributed by atoms with van der Waals surface area (Å²) in [6.07, 6.45) is 3.03. The van der Waals surface area contributed by atoms with E-state index in [2.05, 4.69) is 18.7 Å². The molecule has 0 saturated carbocycles. The fraction of sp³-hybridized carbons (Fsp3) is 0.667. The predicted octanol–water partition coefficient (Wildman–Crippen LogP) is 3.69. The zero-order valence-corrected chi connectivity index (χ0v) is 12.2. The first-order chi connectivity index (χ1) is 8.66. The van der Waals surface area contributed by atoms with E-state index in [1.165, 1.54) is 19.5 Å². The van der Waals surface area contributed by atoms with Gasteiger partial charge in [-0.2, -0.15) is 0 Å². The van der Waals surface area contributed by atoms with Crippen molar-refractivity contribution in [3.05, 3.63) is 22.4 Å². The van der Waals surface area contributed by atoms with Crippen molar-refractivity contribution in [2.24, 2.45) is 11.8 Å². The molecule has 1 aromatic rings. The predicted molar refractivity (Wildman–Crippen MR) is 77.3 cm³/mol. The Hall–Kier alpha value is -0.670. The van der Waals surface area contributed by atoms with Crippen LogP contribution in [0.4, 0.5) is 0 Å². The zero-order chi connectivity index (χ0) is 13.0. The van der Waals surface area contributed by atoms with Gasteiger partial charge in [0.25, 0.3) is 0 Å². The van der Waals surface area contributed by atoms with Gasteiger partial charge >= 0.3 is 0 Å². The summed E-state index contributed by atoms with van der Waals surface area (Å²) >= 11 is 1.55. The van der Waals surface area contributed by atoms with Crippen molar-refractivity contribution in [3.8, 4) is 0 Å². The van der Waals surface area contributed by atoms with Crippen LogP contribution in [0.2, 0.25) is 0 Å². The second-order valence-electron chi connectivity index (χ2n) is 5.60. The molecule has 0 spiro atoms. The van der Waals surface area contributed by atoms with Gasteiger partial charge in [0.2, 0.25) is 0 Å². The third-order valence-corrected chi connectivity index (χ3v) is 4.84. The number of carbonyl (C=O) groups excluding carboxylic acids is 1. The SMILES string of the molecule is CC(C)C1CCN(CCCC(=O)c2cccs2)C1. The summed E-state index contributed by atoms with van der Waals surface area (Å²) in [6, 6.07) is 3.88. The fourth-order valence-electron chi connectivity index (χ4n) is 2.63. The second-order valence-corrected chi connectivity index (χ2v) is 6.55. The van der Waals surface area contributed by atoms with Crippen LogP contribution in [0.25, 0.3) is 0 Å². The molecule has 1 aromatic heterocycles. The average Bonchev–Trinajstić information content (AvgIpc) is 3.00. The molecule has 0 amide bonds. The van der Waals surface area contributed by atoms with Crippen LogP contribution in [0.5, 0.6) is 0 Å². The molecule has 0 N–H and O–H groups in total. The number of hydrogen-bond acceptors (Lipinski definition) is 3. The van der Waals surface area contributed by atoms with Gasteiger partial charge in [-0.05, 0) is 49.2 Å². The lowest BCUT2D eigenvalue weighted by Gasteiger charge is -2.17.